The van der Waals surface area contributed by atoms with Crippen molar-refractivity contribution in [2.45, 2.75) is 0 Å². The first-order valence-electron chi connectivity index (χ1n) is 19.3. The summed E-state index contributed by atoms with van der Waals surface area (Å²) in [7, 11) is 0. The highest BCUT2D eigenvalue weighted by Crippen LogP contribution is 2.41. The molecular weight excluding hydrogens is 731 g/mol. The lowest BCUT2D eigenvalue weighted by atomic mass is 10.0. The monoisotopic (exact) mass is 759 g/mol. The van der Waals surface area contributed by atoms with Gasteiger partial charge in [0.25, 0.3) is 0 Å². The Morgan fingerprint density at radius 3 is 1.64 bits per heavy atom. The summed E-state index contributed by atoms with van der Waals surface area (Å²) < 4.78 is 18.9. The number of para-hydroxylation sites is 2. The number of hydrogen-bond donors (Lipinski definition) is 0. The number of aromatic nitrogens is 5. The summed E-state index contributed by atoms with van der Waals surface area (Å²) in [6.45, 7) is 0. The Kier molecular flexibility index (Phi) is 7.36. The van der Waals surface area contributed by atoms with E-state index in [1.165, 1.54) is 0 Å². The molecule has 4 aromatic heterocycles. The Hall–Kier alpha value is -8.23. The quantitative estimate of drug-likeness (QED) is 0.165. The van der Waals surface area contributed by atoms with Gasteiger partial charge in [0.1, 0.15) is 22.2 Å². The van der Waals surface area contributed by atoms with Crippen LogP contribution in [0.15, 0.2) is 189 Å². The minimum atomic E-state index is 0.528. The van der Waals surface area contributed by atoms with E-state index in [1.807, 2.05) is 115 Å². The zero-order valence-electron chi connectivity index (χ0n) is 31.2. The predicted octanol–water partition coefficient (Wildman–Crippen LogP) is 13.2. The summed E-state index contributed by atoms with van der Waals surface area (Å²) >= 11 is 0. The van der Waals surface area contributed by atoms with Crippen molar-refractivity contribution in [1.82, 2.24) is 24.9 Å². The maximum absolute atomic E-state index is 6.46. The number of furan rings is 1. The van der Waals surface area contributed by atoms with Gasteiger partial charge in [-0.05, 0) is 82.6 Å². The van der Waals surface area contributed by atoms with Gasteiger partial charge >= 0.3 is 0 Å². The summed E-state index contributed by atoms with van der Waals surface area (Å²) in [4.78, 5) is 25.1. The van der Waals surface area contributed by atoms with Crippen molar-refractivity contribution in [3.8, 4) is 68.2 Å². The van der Waals surface area contributed by atoms with E-state index < -0.39 is 0 Å². The number of fused-ring (bicyclic) bond motifs is 8. The molecule has 12 rings (SSSR count). The lowest BCUT2D eigenvalue weighted by Gasteiger charge is -2.10. The van der Waals surface area contributed by atoms with E-state index in [0.29, 0.717) is 34.8 Å². The van der Waals surface area contributed by atoms with Crippen LogP contribution in [0, 0.1) is 0 Å². The molecule has 0 saturated carbocycles. The van der Waals surface area contributed by atoms with Gasteiger partial charge in [-0.1, -0.05) is 115 Å². The normalized spacial score (nSPS) is 11.7. The van der Waals surface area contributed by atoms with Crippen LogP contribution >= 0.6 is 0 Å². The van der Waals surface area contributed by atoms with Crippen molar-refractivity contribution < 1.29 is 13.3 Å². The highest BCUT2D eigenvalue weighted by Gasteiger charge is 2.20. The van der Waals surface area contributed by atoms with E-state index in [1.54, 1.807) is 0 Å². The fourth-order valence-electron chi connectivity index (χ4n) is 7.90. The van der Waals surface area contributed by atoms with Gasteiger partial charge in [0.05, 0.1) is 5.39 Å². The van der Waals surface area contributed by atoms with Crippen LogP contribution in [0.3, 0.4) is 0 Å². The molecule has 0 aliphatic heterocycles. The highest BCUT2D eigenvalue weighted by molar-refractivity contribution is 6.25. The maximum atomic E-state index is 6.46. The first-order valence-corrected chi connectivity index (χ1v) is 19.3. The number of hydrogen-bond acceptors (Lipinski definition) is 8. The Bertz CT molecular complexity index is 3520. The molecule has 12 aromatic rings. The molecule has 0 aliphatic rings. The Labute approximate surface area is 336 Å². The third kappa shape index (κ3) is 5.65. The number of rotatable bonds is 6. The van der Waals surface area contributed by atoms with Gasteiger partial charge in [-0.3, -0.25) is 0 Å². The largest absolute Gasteiger partial charge is 0.456 e. The minimum absolute atomic E-state index is 0.528. The smallest absolute Gasteiger partial charge is 0.227 e. The van der Waals surface area contributed by atoms with Gasteiger partial charge in [-0.2, -0.15) is 0 Å². The van der Waals surface area contributed by atoms with Crippen molar-refractivity contribution in [2.75, 3.05) is 0 Å². The molecular formula is C51H29N5O3. The molecule has 0 radical (unpaired) electrons. The zero-order valence-corrected chi connectivity index (χ0v) is 31.2. The van der Waals surface area contributed by atoms with Crippen molar-refractivity contribution >= 4 is 54.9 Å². The molecule has 0 bridgehead atoms. The van der Waals surface area contributed by atoms with Crippen molar-refractivity contribution in [2.24, 2.45) is 0 Å². The first kappa shape index (κ1) is 33.0. The van der Waals surface area contributed by atoms with E-state index in [0.717, 1.165) is 88.3 Å². The summed E-state index contributed by atoms with van der Waals surface area (Å²) in [6.07, 6.45) is 0. The summed E-state index contributed by atoms with van der Waals surface area (Å²) in [5.74, 6) is 2.71. The SMILES string of the molecule is c1ccc(-c2ccc(-c3nc(-c4cccc(-c5nc6ccccc6o5)c4)nc(-c4ccc5ccc6oc7ccc8oc(-c9ccccc9)nc8c7c6c5c4)n3)cc2)cc1. The molecule has 8 aromatic carbocycles. The number of oxazole rings is 2. The van der Waals surface area contributed by atoms with Crippen molar-refractivity contribution in [1.29, 1.82) is 0 Å². The molecule has 8 nitrogen and oxygen atoms in total. The summed E-state index contributed by atoms with van der Waals surface area (Å²) in [6, 6.07) is 58.6. The third-order valence-electron chi connectivity index (χ3n) is 10.8. The molecule has 0 unspecified atom stereocenters. The molecule has 0 atom stereocenters. The highest BCUT2D eigenvalue weighted by atomic mass is 16.4. The molecule has 276 valence electrons. The van der Waals surface area contributed by atoms with Crippen LogP contribution in [0.2, 0.25) is 0 Å². The molecule has 59 heavy (non-hydrogen) atoms. The van der Waals surface area contributed by atoms with E-state index in [4.69, 9.17) is 38.2 Å². The topological polar surface area (TPSA) is 104 Å². The molecule has 0 spiro atoms. The Balaban J connectivity index is 1.04. The van der Waals surface area contributed by atoms with Crippen LogP contribution in [-0.4, -0.2) is 24.9 Å². The lowest BCUT2D eigenvalue weighted by molar-refractivity contribution is 0.619. The van der Waals surface area contributed by atoms with E-state index in [-0.39, 0.29) is 0 Å². The molecule has 0 saturated heterocycles. The average molecular weight is 760 g/mol. The van der Waals surface area contributed by atoms with Gasteiger partial charge in [-0.25, -0.2) is 24.9 Å². The molecule has 8 heteroatoms. The average Bonchev–Trinajstić information content (AvgIpc) is 4.05. The molecule has 0 fully saturated rings. The number of benzene rings is 8. The van der Waals surface area contributed by atoms with Crippen LogP contribution < -0.4 is 0 Å². The Morgan fingerprint density at radius 2 is 0.847 bits per heavy atom. The van der Waals surface area contributed by atoms with E-state index >= 15 is 0 Å². The molecule has 0 N–H and O–H groups in total. The van der Waals surface area contributed by atoms with E-state index in [2.05, 4.69) is 60.7 Å². The van der Waals surface area contributed by atoms with Crippen LogP contribution in [-0.2, 0) is 0 Å². The summed E-state index contributed by atoms with van der Waals surface area (Å²) in [5, 5.41) is 3.89. The second-order valence-electron chi connectivity index (χ2n) is 14.5. The predicted molar refractivity (Wildman–Crippen MR) is 232 cm³/mol. The van der Waals surface area contributed by atoms with Crippen LogP contribution in [0.4, 0.5) is 0 Å². The zero-order chi connectivity index (χ0) is 38.9. The van der Waals surface area contributed by atoms with Crippen molar-refractivity contribution in [3.05, 3.63) is 176 Å². The fraction of sp³-hybridized carbons (Fsp3) is 0. The molecule has 0 aliphatic carbocycles. The fourth-order valence-corrected chi connectivity index (χ4v) is 7.90. The van der Waals surface area contributed by atoms with Crippen LogP contribution in [0.1, 0.15) is 0 Å². The first-order chi connectivity index (χ1) is 29.2. The van der Waals surface area contributed by atoms with E-state index in [9.17, 15) is 0 Å². The maximum Gasteiger partial charge on any atom is 0.227 e. The standard InChI is InChI=1S/C51H29N5O3/c1-3-10-30(11-4-1)31-18-21-33(22-19-31)47-54-48(35-14-9-15-37(28-35)51-52-39-16-7-8-17-40(39)58-51)56-49(55-47)36-23-20-32-24-25-41-44(38(32)29-36)45-42(57-41)26-27-43-46(45)53-50(59-43)34-12-5-2-6-13-34/h1-29H. The Morgan fingerprint density at radius 1 is 0.305 bits per heavy atom. The van der Waals surface area contributed by atoms with Gasteiger partial charge < -0.3 is 13.3 Å². The second kappa shape index (κ2) is 13.2. The molecule has 0 amide bonds. The van der Waals surface area contributed by atoms with Gasteiger partial charge in [0.15, 0.2) is 28.6 Å². The molecule has 4 heterocycles. The van der Waals surface area contributed by atoms with Crippen LogP contribution in [0.25, 0.3) is 123 Å². The third-order valence-corrected chi connectivity index (χ3v) is 10.8. The van der Waals surface area contributed by atoms with Gasteiger partial charge in [0, 0.05) is 33.2 Å². The lowest BCUT2D eigenvalue weighted by Crippen LogP contribution is -2.00. The van der Waals surface area contributed by atoms with Gasteiger partial charge in [0.2, 0.25) is 11.8 Å². The minimum Gasteiger partial charge on any atom is -0.456 e. The van der Waals surface area contributed by atoms with Crippen LogP contribution in [0.5, 0.6) is 0 Å². The van der Waals surface area contributed by atoms with Crippen molar-refractivity contribution in [3.63, 3.8) is 0 Å². The number of nitrogens with zero attached hydrogens (tertiary/aromatic N) is 5. The second-order valence-corrected chi connectivity index (χ2v) is 14.5. The van der Waals surface area contributed by atoms with Gasteiger partial charge in [-0.15, -0.1) is 0 Å². The summed E-state index contributed by atoms with van der Waals surface area (Å²) in [5.41, 5.74) is 11.0.